The van der Waals surface area contributed by atoms with Gasteiger partial charge in [0.1, 0.15) is 12.4 Å². The molecule has 5 heteroatoms. The summed E-state index contributed by atoms with van der Waals surface area (Å²) in [6.07, 6.45) is 0. The van der Waals surface area contributed by atoms with E-state index >= 15 is 0 Å². The maximum atomic E-state index is 5.73. The largest absolute Gasteiger partial charge is 0.384 e. The molecule has 16 heavy (non-hydrogen) atoms. The summed E-state index contributed by atoms with van der Waals surface area (Å²) in [5.74, 6) is 1.09. The van der Waals surface area contributed by atoms with Gasteiger partial charge in [-0.1, -0.05) is 0 Å². The highest BCUT2D eigenvalue weighted by Gasteiger charge is 2.06. The van der Waals surface area contributed by atoms with Crippen molar-refractivity contribution in [3.8, 4) is 10.6 Å². The number of nitrogens with two attached hydrogens (primary N) is 1. The predicted molar refractivity (Wildman–Crippen MR) is 65.2 cm³/mol. The van der Waals surface area contributed by atoms with Gasteiger partial charge in [0.25, 0.3) is 0 Å². The minimum atomic E-state index is 0.377. The molecule has 0 aliphatic heterocycles. The Balaban J connectivity index is 2.40. The third-order valence-electron chi connectivity index (χ3n) is 2.06. The fourth-order valence-corrected chi connectivity index (χ4v) is 2.24. The van der Waals surface area contributed by atoms with Crippen LogP contribution in [-0.2, 0) is 11.3 Å². The molecular weight excluding hydrogens is 222 g/mol. The van der Waals surface area contributed by atoms with Crippen LogP contribution in [0.25, 0.3) is 10.6 Å². The molecule has 0 aliphatic rings. The lowest BCUT2D eigenvalue weighted by Gasteiger charge is -2.03. The van der Waals surface area contributed by atoms with Gasteiger partial charge in [-0.15, -0.1) is 11.3 Å². The third kappa shape index (κ3) is 2.37. The summed E-state index contributed by atoms with van der Waals surface area (Å²) in [5.41, 5.74) is 6.59. The first-order chi connectivity index (χ1) is 7.69. The summed E-state index contributed by atoms with van der Waals surface area (Å²) in [7, 11) is 1.61. The van der Waals surface area contributed by atoms with Gasteiger partial charge in [0, 0.05) is 18.1 Å². The molecule has 2 aromatic heterocycles. The zero-order valence-electron chi connectivity index (χ0n) is 9.23. The van der Waals surface area contributed by atoms with Crippen LogP contribution in [0.4, 0.5) is 5.82 Å². The third-order valence-corrected chi connectivity index (χ3v) is 3.08. The van der Waals surface area contributed by atoms with Gasteiger partial charge >= 0.3 is 0 Å². The van der Waals surface area contributed by atoms with E-state index in [1.165, 1.54) is 4.88 Å². The van der Waals surface area contributed by atoms with Crippen molar-refractivity contribution in [2.45, 2.75) is 13.5 Å². The molecule has 84 valence electrons. The Labute approximate surface area is 98.1 Å². The monoisotopic (exact) mass is 235 g/mol. The van der Waals surface area contributed by atoms with Crippen LogP contribution in [-0.4, -0.2) is 17.1 Å². The number of nitrogen functional groups attached to an aromatic ring is 1. The molecule has 4 nitrogen and oxygen atoms in total. The molecule has 0 aromatic carbocycles. The lowest BCUT2D eigenvalue weighted by atomic mass is 10.3. The number of hydrogen-bond acceptors (Lipinski definition) is 5. The van der Waals surface area contributed by atoms with Crippen LogP contribution in [0.2, 0.25) is 0 Å². The number of thiophene rings is 1. The van der Waals surface area contributed by atoms with Gasteiger partial charge in [-0.2, -0.15) is 0 Å². The number of aryl methyl sites for hydroxylation is 1. The Morgan fingerprint density at radius 3 is 2.81 bits per heavy atom. The molecule has 0 amide bonds. The zero-order chi connectivity index (χ0) is 11.5. The normalized spacial score (nSPS) is 10.6. The van der Waals surface area contributed by atoms with Crippen molar-refractivity contribution in [2.75, 3.05) is 12.8 Å². The molecule has 2 N–H and O–H groups in total. The van der Waals surface area contributed by atoms with Gasteiger partial charge < -0.3 is 10.5 Å². The first kappa shape index (κ1) is 11.0. The second-order valence-electron chi connectivity index (χ2n) is 3.44. The van der Waals surface area contributed by atoms with Gasteiger partial charge in [0.2, 0.25) is 0 Å². The van der Waals surface area contributed by atoms with Crippen molar-refractivity contribution in [3.63, 3.8) is 0 Å². The summed E-state index contributed by atoms with van der Waals surface area (Å²) in [6, 6.07) is 5.89. The molecule has 0 radical (unpaired) electrons. The average Bonchev–Trinajstić information content (AvgIpc) is 2.64. The summed E-state index contributed by atoms with van der Waals surface area (Å²) in [4.78, 5) is 10.9. The first-order valence-corrected chi connectivity index (χ1v) is 5.70. The minimum absolute atomic E-state index is 0.377. The summed E-state index contributed by atoms with van der Waals surface area (Å²) in [6.45, 7) is 2.44. The number of ether oxygens (including phenoxy) is 1. The molecule has 0 fully saturated rings. The molecule has 0 atom stereocenters. The molecule has 2 aromatic rings. The zero-order valence-corrected chi connectivity index (χ0v) is 10.0. The molecular formula is C11H13N3OS. The minimum Gasteiger partial charge on any atom is -0.384 e. The van der Waals surface area contributed by atoms with Crippen LogP contribution >= 0.6 is 11.3 Å². The lowest BCUT2D eigenvalue weighted by Crippen LogP contribution is -2.01. The Morgan fingerprint density at radius 1 is 1.38 bits per heavy atom. The van der Waals surface area contributed by atoms with E-state index in [1.807, 2.05) is 6.07 Å². The Bertz CT molecular complexity index is 496. The van der Waals surface area contributed by atoms with Crippen molar-refractivity contribution in [2.24, 2.45) is 0 Å². The Morgan fingerprint density at radius 2 is 2.19 bits per heavy atom. The van der Waals surface area contributed by atoms with Gasteiger partial charge in [0.15, 0.2) is 5.82 Å². The highest BCUT2D eigenvalue weighted by atomic mass is 32.1. The van der Waals surface area contributed by atoms with Gasteiger partial charge in [-0.3, -0.25) is 0 Å². The smallest absolute Gasteiger partial charge is 0.157 e. The number of hydrogen-bond donors (Lipinski definition) is 1. The number of methoxy groups -OCH3 is 1. The molecule has 0 spiro atoms. The maximum absolute atomic E-state index is 5.73. The first-order valence-electron chi connectivity index (χ1n) is 4.88. The standard InChI is InChI=1S/C11H13N3OS/c1-7-3-4-9(16-7)8-5-10(12)14-11(13-8)6-15-2/h3-5H,6H2,1-2H3,(H2,12,13,14). The molecule has 0 saturated heterocycles. The van der Waals surface area contributed by atoms with Crippen molar-refractivity contribution >= 4 is 17.2 Å². The fourth-order valence-electron chi connectivity index (χ4n) is 1.41. The van der Waals surface area contributed by atoms with Crippen LogP contribution in [0.5, 0.6) is 0 Å². The molecule has 2 heterocycles. The highest BCUT2D eigenvalue weighted by Crippen LogP contribution is 2.26. The number of anilines is 1. The quantitative estimate of drug-likeness (QED) is 0.886. The molecule has 0 saturated carbocycles. The molecule has 2 rings (SSSR count). The predicted octanol–water partition coefficient (Wildman–Crippen LogP) is 2.24. The second-order valence-corrected chi connectivity index (χ2v) is 4.73. The summed E-state index contributed by atoms with van der Waals surface area (Å²) < 4.78 is 5.00. The van der Waals surface area contributed by atoms with E-state index in [1.54, 1.807) is 24.5 Å². The van der Waals surface area contributed by atoms with Crippen LogP contribution in [0, 0.1) is 6.92 Å². The van der Waals surface area contributed by atoms with Gasteiger partial charge in [0.05, 0.1) is 10.6 Å². The summed E-state index contributed by atoms with van der Waals surface area (Å²) >= 11 is 1.69. The van der Waals surface area contributed by atoms with Gasteiger partial charge in [-0.05, 0) is 19.1 Å². The van der Waals surface area contributed by atoms with Crippen molar-refractivity contribution < 1.29 is 4.74 Å². The molecule has 0 aliphatic carbocycles. The lowest BCUT2D eigenvalue weighted by molar-refractivity contribution is 0.178. The van der Waals surface area contributed by atoms with E-state index in [0.717, 1.165) is 10.6 Å². The second kappa shape index (κ2) is 4.59. The van der Waals surface area contributed by atoms with E-state index < -0.39 is 0 Å². The topological polar surface area (TPSA) is 61.0 Å². The molecule has 0 unspecified atom stereocenters. The van der Waals surface area contributed by atoms with E-state index in [0.29, 0.717) is 18.2 Å². The highest BCUT2D eigenvalue weighted by molar-refractivity contribution is 7.15. The Hall–Kier alpha value is -1.46. The molecule has 0 bridgehead atoms. The van der Waals surface area contributed by atoms with Crippen molar-refractivity contribution in [1.29, 1.82) is 0 Å². The van der Waals surface area contributed by atoms with Crippen LogP contribution < -0.4 is 5.73 Å². The van der Waals surface area contributed by atoms with E-state index in [9.17, 15) is 0 Å². The van der Waals surface area contributed by atoms with Crippen molar-refractivity contribution in [1.82, 2.24) is 9.97 Å². The SMILES string of the molecule is COCc1nc(N)cc(-c2ccc(C)s2)n1. The summed E-state index contributed by atoms with van der Waals surface area (Å²) in [5, 5.41) is 0. The van der Waals surface area contributed by atoms with E-state index in [4.69, 9.17) is 10.5 Å². The Kier molecular flexibility index (Phi) is 3.17. The maximum Gasteiger partial charge on any atom is 0.157 e. The van der Waals surface area contributed by atoms with Crippen LogP contribution in [0.3, 0.4) is 0 Å². The van der Waals surface area contributed by atoms with Crippen LogP contribution in [0.1, 0.15) is 10.7 Å². The average molecular weight is 235 g/mol. The van der Waals surface area contributed by atoms with E-state index in [2.05, 4.69) is 23.0 Å². The number of rotatable bonds is 3. The van der Waals surface area contributed by atoms with Gasteiger partial charge in [-0.25, -0.2) is 9.97 Å². The van der Waals surface area contributed by atoms with Crippen LogP contribution in [0.15, 0.2) is 18.2 Å². The number of nitrogens with zero attached hydrogens (tertiary/aromatic N) is 2. The van der Waals surface area contributed by atoms with Crippen molar-refractivity contribution in [3.05, 3.63) is 28.9 Å². The number of aromatic nitrogens is 2. The fraction of sp³-hybridized carbons (Fsp3) is 0.273. The van der Waals surface area contributed by atoms with E-state index in [-0.39, 0.29) is 0 Å².